The third-order valence-corrected chi connectivity index (χ3v) is 3.26. The number of rotatable bonds is 5. The molecule has 0 amide bonds. The topological polar surface area (TPSA) is 38.5 Å². The van der Waals surface area contributed by atoms with Crippen molar-refractivity contribution in [1.82, 2.24) is 4.90 Å². The maximum absolute atomic E-state index is 5.97. The van der Waals surface area contributed by atoms with Gasteiger partial charge in [-0.2, -0.15) is 0 Å². The monoisotopic (exact) mass is 250 g/mol. The van der Waals surface area contributed by atoms with Crippen LogP contribution in [0.25, 0.3) is 0 Å². The van der Waals surface area contributed by atoms with Crippen molar-refractivity contribution in [3.8, 4) is 5.75 Å². The summed E-state index contributed by atoms with van der Waals surface area (Å²) in [6, 6.07) is 4.76. The Bertz CT molecular complexity index is 400. The lowest BCUT2D eigenvalue weighted by molar-refractivity contribution is 0.263. The summed E-state index contributed by atoms with van der Waals surface area (Å²) in [4.78, 5) is 2.21. The minimum Gasteiger partial charge on any atom is -0.496 e. The summed E-state index contributed by atoms with van der Waals surface area (Å²) in [6.45, 7) is 6.28. The first-order valence-electron chi connectivity index (χ1n) is 6.44. The Hall–Kier alpha value is -1.06. The van der Waals surface area contributed by atoms with Gasteiger partial charge in [0.1, 0.15) is 5.75 Å². The van der Waals surface area contributed by atoms with Crippen LogP contribution in [-0.4, -0.2) is 32.1 Å². The predicted octanol–water partition coefficient (Wildman–Crippen LogP) is 2.65. The minimum absolute atomic E-state index is 0.169. The molecule has 0 aliphatic heterocycles. The molecule has 2 unspecified atom stereocenters. The Morgan fingerprint density at radius 2 is 1.89 bits per heavy atom. The van der Waals surface area contributed by atoms with E-state index < -0.39 is 0 Å². The molecule has 1 rings (SSSR count). The molecule has 0 radical (unpaired) electrons. The molecular weight excluding hydrogens is 224 g/mol. The van der Waals surface area contributed by atoms with E-state index in [-0.39, 0.29) is 6.04 Å². The zero-order chi connectivity index (χ0) is 13.9. The largest absolute Gasteiger partial charge is 0.496 e. The molecule has 1 aromatic carbocycles. The molecule has 0 aliphatic carbocycles. The van der Waals surface area contributed by atoms with E-state index in [1.165, 1.54) is 16.7 Å². The Kier molecular flexibility index (Phi) is 5.17. The molecule has 0 saturated heterocycles. The van der Waals surface area contributed by atoms with Crippen molar-refractivity contribution in [1.29, 1.82) is 0 Å². The number of benzene rings is 1. The fraction of sp³-hybridized carbons (Fsp3) is 0.600. The molecule has 1 aromatic rings. The number of hydrogen-bond acceptors (Lipinski definition) is 3. The van der Waals surface area contributed by atoms with Crippen LogP contribution < -0.4 is 10.5 Å². The Balaban J connectivity index is 3.26. The van der Waals surface area contributed by atoms with E-state index in [1.54, 1.807) is 7.11 Å². The van der Waals surface area contributed by atoms with Gasteiger partial charge in [-0.15, -0.1) is 0 Å². The lowest BCUT2D eigenvalue weighted by Crippen LogP contribution is -2.28. The van der Waals surface area contributed by atoms with Crippen LogP contribution >= 0.6 is 0 Å². The summed E-state index contributed by atoms with van der Waals surface area (Å²) < 4.78 is 5.55. The minimum atomic E-state index is 0.169. The predicted molar refractivity (Wildman–Crippen MR) is 77.2 cm³/mol. The molecule has 0 fully saturated rings. The quantitative estimate of drug-likeness (QED) is 0.873. The highest BCUT2D eigenvalue weighted by Gasteiger charge is 2.22. The molecule has 3 heteroatoms. The summed E-state index contributed by atoms with van der Waals surface area (Å²) in [6.07, 6.45) is 0.924. The maximum Gasteiger partial charge on any atom is 0.124 e. The second kappa shape index (κ2) is 6.21. The molecule has 0 spiro atoms. The Labute approximate surface area is 111 Å². The highest BCUT2D eigenvalue weighted by Crippen LogP contribution is 2.34. The summed E-state index contributed by atoms with van der Waals surface area (Å²) in [5, 5.41) is 0. The molecule has 0 aromatic heterocycles. The number of nitrogens with two attached hydrogens (primary N) is 1. The first-order valence-corrected chi connectivity index (χ1v) is 6.44. The molecule has 3 nitrogen and oxygen atoms in total. The number of hydrogen-bond donors (Lipinski definition) is 1. The van der Waals surface area contributed by atoms with Crippen LogP contribution in [0.1, 0.15) is 36.1 Å². The van der Waals surface area contributed by atoms with Crippen LogP contribution in [0, 0.1) is 13.8 Å². The molecule has 0 bridgehead atoms. The van der Waals surface area contributed by atoms with Crippen molar-refractivity contribution in [2.45, 2.75) is 39.3 Å². The lowest BCUT2D eigenvalue weighted by atomic mass is 9.93. The van der Waals surface area contributed by atoms with Crippen molar-refractivity contribution in [3.05, 3.63) is 28.8 Å². The molecule has 0 aliphatic rings. The summed E-state index contributed by atoms with van der Waals surface area (Å²) >= 11 is 0. The van der Waals surface area contributed by atoms with Crippen molar-refractivity contribution in [2.75, 3.05) is 21.2 Å². The van der Waals surface area contributed by atoms with Crippen molar-refractivity contribution >= 4 is 0 Å². The third kappa shape index (κ3) is 3.47. The van der Waals surface area contributed by atoms with Gasteiger partial charge in [-0.25, -0.2) is 0 Å². The SMILES string of the molecule is COc1cc(C)cc(C)c1C(CC(C)N)N(C)C. The Morgan fingerprint density at radius 1 is 1.28 bits per heavy atom. The van der Waals surface area contributed by atoms with Gasteiger partial charge >= 0.3 is 0 Å². The average Bonchev–Trinajstić information content (AvgIpc) is 2.25. The van der Waals surface area contributed by atoms with Crippen LogP contribution in [0.4, 0.5) is 0 Å². The number of methoxy groups -OCH3 is 1. The number of nitrogens with zero attached hydrogens (tertiary/aromatic N) is 1. The Morgan fingerprint density at radius 3 is 2.33 bits per heavy atom. The zero-order valence-corrected chi connectivity index (χ0v) is 12.4. The van der Waals surface area contributed by atoms with Gasteiger partial charge in [0.25, 0.3) is 0 Å². The summed E-state index contributed by atoms with van der Waals surface area (Å²) in [5.41, 5.74) is 9.73. The number of aryl methyl sites for hydroxylation is 2. The second-order valence-corrected chi connectivity index (χ2v) is 5.39. The molecule has 0 saturated carbocycles. The van der Waals surface area contributed by atoms with E-state index in [1.807, 2.05) is 6.92 Å². The molecule has 102 valence electrons. The number of ether oxygens (including phenoxy) is 1. The van der Waals surface area contributed by atoms with Gasteiger partial charge in [-0.05, 0) is 58.5 Å². The van der Waals surface area contributed by atoms with Gasteiger partial charge in [0, 0.05) is 17.6 Å². The second-order valence-electron chi connectivity index (χ2n) is 5.39. The summed E-state index contributed by atoms with van der Waals surface area (Å²) in [5.74, 6) is 0.965. The average molecular weight is 250 g/mol. The van der Waals surface area contributed by atoms with Gasteiger partial charge in [-0.1, -0.05) is 6.07 Å². The van der Waals surface area contributed by atoms with Crippen molar-refractivity contribution in [3.63, 3.8) is 0 Å². The molecule has 2 N–H and O–H groups in total. The van der Waals surface area contributed by atoms with E-state index >= 15 is 0 Å². The maximum atomic E-state index is 5.97. The zero-order valence-electron chi connectivity index (χ0n) is 12.4. The van der Waals surface area contributed by atoms with E-state index in [2.05, 4.69) is 45.0 Å². The highest BCUT2D eigenvalue weighted by molar-refractivity contribution is 5.45. The van der Waals surface area contributed by atoms with Crippen LogP contribution in [0.3, 0.4) is 0 Å². The van der Waals surface area contributed by atoms with E-state index in [0.717, 1.165) is 12.2 Å². The molecule has 18 heavy (non-hydrogen) atoms. The van der Waals surface area contributed by atoms with Crippen LogP contribution in [0.5, 0.6) is 5.75 Å². The summed E-state index contributed by atoms with van der Waals surface area (Å²) in [7, 11) is 5.91. The normalized spacial score (nSPS) is 14.7. The standard InChI is InChI=1S/C15H26N2O/c1-10-7-11(2)15(14(8-10)18-6)13(17(4)5)9-12(3)16/h7-8,12-13H,9,16H2,1-6H3. The van der Waals surface area contributed by atoms with Gasteiger partial charge in [-0.3, -0.25) is 0 Å². The van der Waals surface area contributed by atoms with Crippen LogP contribution in [0.2, 0.25) is 0 Å². The van der Waals surface area contributed by atoms with Crippen molar-refractivity contribution < 1.29 is 4.74 Å². The fourth-order valence-electron chi connectivity index (χ4n) is 2.47. The molecule has 0 heterocycles. The first kappa shape index (κ1) is 15.0. The highest BCUT2D eigenvalue weighted by atomic mass is 16.5. The molecule has 2 atom stereocenters. The first-order chi connectivity index (χ1) is 8.36. The van der Waals surface area contributed by atoms with Gasteiger partial charge in [0.15, 0.2) is 0 Å². The van der Waals surface area contributed by atoms with Crippen LogP contribution in [0.15, 0.2) is 12.1 Å². The third-order valence-electron chi connectivity index (χ3n) is 3.26. The van der Waals surface area contributed by atoms with E-state index in [9.17, 15) is 0 Å². The van der Waals surface area contributed by atoms with Crippen molar-refractivity contribution in [2.24, 2.45) is 5.73 Å². The fourth-order valence-corrected chi connectivity index (χ4v) is 2.47. The lowest BCUT2D eigenvalue weighted by Gasteiger charge is -2.29. The van der Waals surface area contributed by atoms with Gasteiger partial charge < -0.3 is 15.4 Å². The van der Waals surface area contributed by atoms with E-state index in [4.69, 9.17) is 10.5 Å². The molecular formula is C15H26N2O. The van der Waals surface area contributed by atoms with Gasteiger partial charge in [0.05, 0.1) is 7.11 Å². The van der Waals surface area contributed by atoms with E-state index in [0.29, 0.717) is 6.04 Å². The van der Waals surface area contributed by atoms with Crippen LogP contribution in [-0.2, 0) is 0 Å². The van der Waals surface area contributed by atoms with Gasteiger partial charge in [0.2, 0.25) is 0 Å². The smallest absolute Gasteiger partial charge is 0.124 e.